The quantitative estimate of drug-likeness (QED) is 0.806. The highest BCUT2D eigenvalue weighted by atomic mass is 32.2. The van der Waals surface area contributed by atoms with Gasteiger partial charge in [-0.15, -0.1) is 0 Å². The molecule has 0 aromatic rings. The zero-order valence-corrected chi connectivity index (χ0v) is 11.0. The average molecular weight is 244 g/mol. The first-order valence-corrected chi connectivity index (χ1v) is 7.55. The third-order valence-electron chi connectivity index (χ3n) is 4.03. The molecule has 2 fully saturated rings. The highest BCUT2D eigenvalue weighted by Crippen LogP contribution is 2.29. The molecule has 0 radical (unpaired) electrons. The number of nitrogens with two attached hydrogens (primary N) is 1. The Labute approximate surface area is 103 Å². The Morgan fingerprint density at radius 1 is 1.38 bits per heavy atom. The number of nitrogens with zero attached hydrogens (tertiary/aromatic N) is 1. The van der Waals surface area contributed by atoms with Crippen LogP contribution in [0, 0.1) is 5.92 Å². The van der Waals surface area contributed by atoms with Crippen LogP contribution in [0.4, 0.5) is 0 Å². The van der Waals surface area contributed by atoms with Crippen molar-refractivity contribution < 1.29 is 4.74 Å². The normalized spacial score (nSPS) is 30.8. The van der Waals surface area contributed by atoms with Crippen LogP contribution in [0.5, 0.6) is 0 Å². The summed E-state index contributed by atoms with van der Waals surface area (Å²) in [7, 11) is 1.83. The summed E-state index contributed by atoms with van der Waals surface area (Å²) < 4.78 is 5.42. The van der Waals surface area contributed by atoms with Crippen molar-refractivity contribution in [2.45, 2.75) is 31.4 Å². The van der Waals surface area contributed by atoms with E-state index in [9.17, 15) is 0 Å². The standard InChI is InChI=1S/C12H24N2OS/c1-15-11-2-5-14(6-3-11)12(8-13)10-4-7-16-9-10/h10-12H,2-9,13H2,1H3. The van der Waals surface area contributed by atoms with Crippen molar-refractivity contribution in [1.29, 1.82) is 0 Å². The lowest BCUT2D eigenvalue weighted by molar-refractivity contribution is 0.0202. The number of ether oxygens (including phenoxy) is 1. The van der Waals surface area contributed by atoms with E-state index in [2.05, 4.69) is 16.7 Å². The van der Waals surface area contributed by atoms with Crippen LogP contribution in [0.3, 0.4) is 0 Å². The molecule has 2 rings (SSSR count). The molecule has 0 bridgehead atoms. The van der Waals surface area contributed by atoms with E-state index >= 15 is 0 Å². The van der Waals surface area contributed by atoms with Gasteiger partial charge in [0.1, 0.15) is 0 Å². The SMILES string of the molecule is COC1CCN(C(CN)C2CCSC2)CC1. The summed E-state index contributed by atoms with van der Waals surface area (Å²) in [5.74, 6) is 3.47. The molecule has 0 spiro atoms. The minimum Gasteiger partial charge on any atom is -0.381 e. The van der Waals surface area contributed by atoms with E-state index < -0.39 is 0 Å². The average Bonchev–Trinajstić information content (AvgIpc) is 2.85. The highest BCUT2D eigenvalue weighted by Gasteiger charge is 2.31. The molecule has 0 aromatic carbocycles. The lowest BCUT2D eigenvalue weighted by Crippen LogP contribution is -2.50. The number of hydrogen-bond acceptors (Lipinski definition) is 4. The summed E-state index contributed by atoms with van der Waals surface area (Å²) in [6.07, 6.45) is 4.18. The van der Waals surface area contributed by atoms with E-state index in [0.29, 0.717) is 12.1 Å². The van der Waals surface area contributed by atoms with Gasteiger partial charge in [-0.05, 0) is 36.7 Å². The van der Waals surface area contributed by atoms with Crippen LogP contribution in [-0.2, 0) is 4.74 Å². The molecule has 16 heavy (non-hydrogen) atoms. The number of hydrogen-bond donors (Lipinski definition) is 1. The minimum atomic E-state index is 0.479. The second-order valence-electron chi connectivity index (χ2n) is 4.90. The first-order chi connectivity index (χ1) is 7.85. The van der Waals surface area contributed by atoms with Gasteiger partial charge in [-0.1, -0.05) is 0 Å². The number of rotatable bonds is 4. The first-order valence-electron chi connectivity index (χ1n) is 6.39. The summed E-state index contributed by atoms with van der Waals surface area (Å²) in [6, 6.07) is 0.618. The maximum atomic E-state index is 5.97. The molecule has 2 atom stereocenters. The number of likely N-dealkylation sites (tertiary alicyclic amines) is 1. The fraction of sp³-hybridized carbons (Fsp3) is 1.00. The van der Waals surface area contributed by atoms with Crippen LogP contribution in [-0.4, -0.2) is 55.3 Å². The molecular weight excluding hydrogens is 220 g/mol. The lowest BCUT2D eigenvalue weighted by Gasteiger charge is -2.39. The van der Waals surface area contributed by atoms with Crippen molar-refractivity contribution in [2.75, 3.05) is 38.2 Å². The third kappa shape index (κ3) is 2.92. The van der Waals surface area contributed by atoms with Crippen LogP contribution in [0.15, 0.2) is 0 Å². The molecule has 4 heteroatoms. The Hall–Kier alpha value is 0.230. The number of piperidine rings is 1. The zero-order valence-electron chi connectivity index (χ0n) is 10.2. The molecule has 0 aromatic heterocycles. The van der Waals surface area contributed by atoms with E-state index in [1.54, 1.807) is 0 Å². The Kier molecular flexibility index (Phi) is 4.95. The summed E-state index contributed by atoms with van der Waals surface area (Å²) in [5, 5.41) is 0. The Morgan fingerprint density at radius 3 is 2.62 bits per heavy atom. The van der Waals surface area contributed by atoms with Crippen molar-refractivity contribution in [3.05, 3.63) is 0 Å². The van der Waals surface area contributed by atoms with Gasteiger partial charge in [0.25, 0.3) is 0 Å². The van der Waals surface area contributed by atoms with Crippen LogP contribution in [0.1, 0.15) is 19.3 Å². The molecule has 2 aliphatic rings. The van der Waals surface area contributed by atoms with Crippen LogP contribution < -0.4 is 5.73 Å². The van der Waals surface area contributed by atoms with Gasteiger partial charge in [0.2, 0.25) is 0 Å². The topological polar surface area (TPSA) is 38.5 Å². The van der Waals surface area contributed by atoms with E-state index in [4.69, 9.17) is 10.5 Å². The van der Waals surface area contributed by atoms with E-state index in [-0.39, 0.29) is 0 Å². The lowest BCUT2D eigenvalue weighted by atomic mass is 9.95. The molecule has 2 saturated heterocycles. The van der Waals surface area contributed by atoms with Crippen LogP contribution in [0.2, 0.25) is 0 Å². The van der Waals surface area contributed by atoms with Crippen LogP contribution >= 0.6 is 11.8 Å². The van der Waals surface area contributed by atoms with Gasteiger partial charge in [-0.25, -0.2) is 0 Å². The summed E-state index contributed by atoms with van der Waals surface area (Å²) in [5.41, 5.74) is 5.97. The largest absolute Gasteiger partial charge is 0.381 e. The molecule has 3 nitrogen and oxygen atoms in total. The van der Waals surface area contributed by atoms with E-state index in [1.807, 2.05) is 7.11 Å². The summed E-state index contributed by atoms with van der Waals surface area (Å²) in [4.78, 5) is 2.60. The van der Waals surface area contributed by atoms with Crippen molar-refractivity contribution in [3.63, 3.8) is 0 Å². The highest BCUT2D eigenvalue weighted by molar-refractivity contribution is 7.99. The fourth-order valence-corrected chi connectivity index (χ4v) is 4.27. The maximum absolute atomic E-state index is 5.97. The van der Waals surface area contributed by atoms with Gasteiger partial charge in [-0.2, -0.15) is 11.8 Å². The molecule has 0 saturated carbocycles. The van der Waals surface area contributed by atoms with Gasteiger partial charge in [0.05, 0.1) is 6.10 Å². The van der Waals surface area contributed by atoms with Gasteiger partial charge in [0.15, 0.2) is 0 Å². The van der Waals surface area contributed by atoms with Gasteiger partial charge >= 0.3 is 0 Å². The predicted molar refractivity (Wildman–Crippen MR) is 69.9 cm³/mol. The van der Waals surface area contributed by atoms with Gasteiger partial charge in [0, 0.05) is 32.8 Å². The van der Waals surface area contributed by atoms with Gasteiger partial charge in [-0.3, -0.25) is 4.90 Å². The summed E-state index contributed by atoms with van der Waals surface area (Å²) >= 11 is 2.09. The molecule has 0 aliphatic carbocycles. The Bertz CT molecular complexity index is 201. The summed E-state index contributed by atoms with van der Waals surface area (Å²) in [6.45, 7) is 3.16. The van der Waals surface area contributed by atoms with Crippen molar-refractivity contribution >= 4 is 11.8 Å². The first kappa shape index (κ1) is 12.7. The molecule has 2 aliphatic heterocycles. The molecule has 2 N–H and O–H groups in total. The Morgan fingerprint density at radius 2 is 2.12 bits per heavy atom. The molecule has 0 amide bonds. The van der Waals surface area contributed by atoms with Crippen molar-refractivity contribution in [1.82, 2.24) is 4.90 Å². The monoisotopic (exact) mass is 244 g/mol. The molecule has 2 unspecified atom stereocenters. The molecule has 2 heterocycles. The minimum absolute atomic E-state index is 0.479. The maximum Gasteiger partial charge on any atom is 0.0595 e. The fourth-order valence-electron chi connectivity index (χ4n) is 2.94. The van der Waals surface area contributed by atoms with Gasteiger partial charge < -0.3 is 10.5 Å². The van der Waals surface area contributed by atoms with Crippen molar-refractivity contribution in [3.8, 4) is 0 Å². The van der Waals surface area contributed by atoms with Crippen LogP contribution in [0.25, 0.3) is 0 Å². The molecule has 94 valence electrons. The Balaban J connectivity index is 1.85. The number of methoxy groups -OCH3 is 1. The second-order valence-corrected chi connectivity index (χ2v) is 6.05. The number of thioether (sulfide) groups is 1. The predicted octanol–water partition coefficient (Wildman–Crippen LogP) is 1.18. The smallest absolute Gasteiger partial charge is 0.0595 e. The zero-order chi connectivity index (χ0) is 11.4. The van der Waals surface area contributed by atoms with E-state index in [1.165, 1.54) is 43.9 Å². The third-order valence-corrected chi connectivity index (χ3v) is 5.22. The van der Waals surface area contributed by atoms with E-state index in [0.717, 1.165) is 12.5 Å². The molecular formula is C12H24N2OS. The van der Waals surface area contributed by atoms with Crippen molar-refractivity contribution in [2.24, 2.45) is 11.7 Å². The second kappa shape index (κ2) is 6.24.